The molecule has 17 heavy (non-hydrogen) atoms. The van der Waals surface area contributed by atoms with Crippen molar-refractivity contribution in [1.82, 2.24) is 4.90 Å². The molecule has 5 heteroatoms. The van der Waals surface area contributed by atoms with E-state index in [2.05, 4.69) is 0 Å². The van der Waals surface area contributed by atoms with E-state index in [9.17, 15) is 9.18 Å². The Kier molecular flexibility index (Phi) is 3.79. The van der Waals surface area contributed by atoms with Crippen molar-refractivity contribution >= 4 is 5.91 Å². The summed E-state index contributed by atoms with van der Waals surface area (Å²) in [5.41, 5.74) is 0.554. The fourth-order valence-electron chi connectivity index (χ4n) is 2.06. The molecule has 0 aromatic rings. The van der Waals surface area contributed by atoms with Crippen molar-refractivity contribution in [2.24, 2.45) is 5.92 Å². The van der Waals surface area contributed by atoms with Crippen LogP contribution in [0.25, 0.3) is 0 Å². The summed E-state index contributed by atoms with van der Waals surface area (Å²) in [5.74, 6) is -1.00. The first-order valence-electron chi connectivity index (χ1n) is 6.01. The summed E-state index contributed by atoms with van der Waals surface area (Å²) in [6.07, 6.45) is 1.94. The number of rotatable bonds is 3. The molecular weight excluding hydrogens is 225 g/mol. The number of hydrogen-bond donors (Lipinski definition) is 1. The van der Waals surface area contributed by atoms with Gasteiger partial charge in [0.25, 0.3) is 5.91 Å². The molecule has 1 aliphatic carbocycles. The van der Waals surface area contributed by atoms with Crippen LogP contribution in [0, 0.1) is 5.92 Å². The van der Waals surface area contributed by atoms with E-state index >= 15 is 0 Å². The highest BCUT2D eigenvalue weighted by Crippen LogP contribution is 2.38. The molecule has 0 aromatic heterocycles. The van der Waals surface area contributed by atoms with E-state index in [1.807, 2.05) is 0 Å². The third-order valence-electron chi connectivity index (χ3n) is 3.42. The molecule has 1 aliphatic heterocycles. The molecule has 1 atom stereocenters. The van der Waals surface area contributed by atoms with Gasteiger partial charge in [-0.05, 0) is 31.3 Å². The Hall–Kier alpha value is -0.940. The van der Waals surface area contributed by atoms with Crippen molar-refractivity contribution in [3.05, 3.63) is 11.4 Å². The lowest BCUT2D eigenvalue weighted by atomic mass is 10.1. The van der Waals surface area contributed by atoms with Gasteiger partial charge in [-0.2, -0.15) is 0 Å². The molecule has 2 rings (SSSR count). The number of ether oxygens (including phenoxy) is 1. The van der Waals surface area contributed by atoms with Crippen LogP contribution in [0.1, 0.15) is 19.8 Å². The largest absolute Gasteiger partial charge is 0.394 e. The summed E-state index contributed by atoms with van der Waals surface area (Å²) in [5, 5.41) is 9.14. The van der Waals surface area contributed by atoms with Crippen LogP contribution in [-0.4, -0.2) is 48.3 Å². The molecule has 4 nitrogen and oxygen atoms in total. The Labute approximate surface area is 100 Å². The zero-order valence-corrected chi connectivity index (χ0v) is 9.99. The number of morpholine rings is 1. The number of aliphatic hydroxyl groups excluding tert-OH is 1. The minimum absolute atomic E-state index is 0.193. The number of carbonyl (C=O) groups is 1. The Balaban J connectivity index is 2.09. The molecule has 0 aromatic carbocycles. The Morgan fingerprint density at radius 3 is 2.82 bits per heavy atom. The van der Waals surface area contributed by atoms with Crippen molar-refractivity contribution in [2.75, 3.05) is 26.4 Å². The van der Waals surface area contributed by atoms with Gasteiger partial charge in [-0.25, -0.2) is 4.39 Å². The zero-order chi connectivity index (χ0) is 12.4. The summed E-state index contributed by atoms with van der Waals surface area (Å²) in [6.45, 7) is 2.51. The van der Waals surface area contributed by atoms with Crippen molar-refractivity contribution in [3.8, 4) is 0 Å². The van der Waals surface area contributed by atoms with Crippen LogP contribution < -0.4 is 0 Å². The predicted molar refractivity (Wildman–Crippen MR) is 59.9 cm³/mol. The molecule has 1 amide bonds. The van der Waals surface area contributed by atoms with Gasteiger partial charge in [0.15, 0.2) is 5.83 Å². The molecule has 0 bridgehead atoms. The maximum Gasteiger partial charge on any atom is 0.283 e. The van der Waals surface area contributed by atoms with Crippen LogP contribution in [0.4, 0.5) is 4.39 Å². The fraction of sp³-hybridized carbons (Fsp3) is 0.750. The van der Waals surface area contributed by atoms with Crippen molar-refractivity contribution < 1.29 is 19.0 Å². The standard InChI is InChI=1S/C12H18FNO3/c1-8(9-2-3-9)11(13)12(16)14-4-5-17-7-10(14)6-15/h9-10,15H,2-7H2,1H3/b11-8+/t10-/m1/s1. The van der Waals surface area contributed by atoms with Crippen molar-refractivity contribution in [3.63, 3.8) is 0 Å². The van der Waals surface area contributed by atoms with Crippen LogP contribution >= 0.6 is 0 Å². The zero-order valence-electron chi connectivity index (χ0n) is 9.99. The number of aliphatic hydroxyl groups is 1. The van der Waals surface area contributed by atoms with Gasteiger partial charge in [0.05, 0.1) is 25.9 Å². The van der Waals surface area contributed by atoms with Gasteiger partial charge in [0.2, 0.25) is 0 Å². The van der Waals surface area contributed by atoms with Crippen molar-refractivity contribution in [2.45, 2.75) is 25.8 Å². The Bertz CT molecular complexity index is 339. The monoisotopic (exact) mass is 243 g/mol. The Morgan fingerprint density at radius 2 is 2.24 bits per heavy atom. The molecule has 2 fully saturated rings. The SMILES string of the molecule is C/C(=C(\F)C(=O)N1CCOC[C@H]1CO)C1CC1. The molecule has 2 aliphatic rings. The molecule has 0 unspecified atom stereocenters. The third kappa shape index (κ3) is 2.66. The van der Waals surface area contributed by atoms with Gasteiger partial charge < -0.3 is 14.7 Å². The molecule has 1 saturated carbocycles. The third-order valence-corrected chi connectivity index (χ3v) is 3.42. The lowest BCUT2D eigenvalue weighted by Gasteiger charge is -2.34. The second kappa shape index (κ2) is 5.14. The summed E-state index contributed by atoms with van der Waals surface area (Å²) in [6, 6.07) is -0.422. The highest BCUT2D eigenvalue weighted by molar-refractivity contribution is 5.92. The van der Waals surface area contributed by atoms with Gasteiger partial charge in [0.1, 0.15) is 0 Å². The first-order chi connectivity index (χ1) is 8.15. The molecule has 1 N–H and O–H groups in total. The molecule has 0 spiro atoms. The molecule has 0 radical (unpaired) electrons. The number of allylic oxidation sites excluding steroid dienone is 1. The average Bonchev–Trinajstić information content (AvgIpc) is 3.20. The second-order valence-electron chi connectivity index (χ2n) is 4.68. The van der Waals surface area contributed by atoms with E-state index in [1.165, 1.54) is 4.90 Å². The Morgan fingerprint density at radius 1 is 1.53 bits per heavy atom. The van der Waals surface area contributed by atoms with Gasteiger partial charge in [-0.15, -0.1) is 0 Å². The highest BCUT2D eigenvalue weighted by Gasteiger charge is 2.33. The smallest absolute Gasteiger partial charge is 0.283 e. The summed E-state index contributed by atoms with van der Waals surface area (Å²) >= 11 is 0. The van der Waals surface area contributed by atoms with E-state index in [0.29, 0.717) is 18.7 Å². The second-order valence-corrected chi connectivity index (χ2v) is 4.68. The first kappa shape index (κ1) is 12.5. The van der Waals surface area contributed by atoms with Crippen molar-refractivity contribution in [1.29, 1.82) is 0 Å². The van der Waals surface area contributed by atoms with Crippen LogP contribution in [0.5, 0.6) is 0 Å². The highest BCUT2D eigenvalue weighted by atomic mass is 19.1. The van der Waals surface area contributed by atoms with E-state index in [-0.39, 0.29) is 19.1 Å². The first-order valence-corrected chi connectivity index (χ1v) is 6.01. The number of halogens is 1. The van der Waals surface area contributed by atoms with Crippen LogP contribution in [0.2, 0.25) is 0 Å². The van der Waals surface area contributed by atoms with Crippen LogP contribution in [-0.2, 0) is 9.53 Å². The van der Waals surface area contributed by atoms with Crippen LogP contribution in [0.15, 0.2) is 11.4 Å². The summed E-state index contributed by atoms with van der Waals surface area (Å²) < 4.78 is 19.1. The van der Waals surface area contributed by atoms with E-state index < -0.39 is 17.8 Å². The maximum absolute atomic E-state index is 13.9. The lowest BCUT2D eigenvalue weighted by Crippen LogP contribution is -2.50. The predicted octanol–water partition coefficient (Wildman–Crippen LogP) is 0.860. The van der Waals surface area contributed by atoms with E-state index in [1.54, 1.807) is 6.92 Å². The lowest BCUT2D eigenvalue weighted by molar-refractivity contribution is -0.139. The van der Waals surface area contributed by atoms with Gasteiger partial charge >= 0.3 is 0 Å². The minimum atomic E-state index is -0.646. The average molecular weight is 243 g/mol. The number of nitrogens with zero attached hydrogens (tertiary/aromatic N) is 1. The maximum atomic E-state index is 13.9. The fourth-order valence-corrected chi connectivity index (χ4v) is 2.06. The van der Waals surface area contributed by atoms with Crippen LogP contribution in [0.3, 0.4) is 0 Å². The van der Waals surface area contributed by atoms with Gasteiger partial charge in [0, 0.05) is 6.54 Å². The normalized spacial score (nSPS) is 26.8. The van der Waals surface area contributed by atoms with Gasteiger partial charge in [-0.3, -0.25) is 4.79 Å². The molecule has 96 valence electrons. The quantitative estimate of drug-likeness (QED) is 0.748. The van der Waals surface area contributed by atoms with E-state index in [0.717, 1.165) is 12.8 Å². The summed E-state index contributed by atoms with van der Waals surface area (Å²) in [7, 11) is 0. The molecule has 1 heterocycles. The number of carbonyl (C=O) groups excluding carboxylic acids is 1. The topological polar surface area (TPSA) is 49.8 Å². The number of hydrogen-bond acceptors (Lipinski definition) is 3. The molecule has 1 saturated heterocycles. The minimum Gasteiger partial charge on any atom is -0.394 e. The van der Waals surface area contributed by atoms with Gasteiger partial charge in [-0.1, -0.05) is 0 Å². The summed E-state index contributed by atoms with van der Waals surface area (Å²) in [4.78, 5) is 13.3. The molecular formula is C12H18FNO3. The van der Waals surface area contributed by atoms with E-state index in [4.69, 9.17) is 9.84 Å². The number of amides is 1.